The van der Waals surface area contributed by atoms with Crippen LogP contribution in [0.4, 0.5) is 15.3 Å². The summed E-state index contributed by atoms with van der Waals surface area (Å²) in [5.41, 5.74) is 1.48. The van der Waals surface area contributed by atoms with Crippen LogP contribution in [0.5, 0.6) is 0 Å². The lowest BCUT2D eigenvalue weighted by atomic mass is 10.0. The molecular formula is C18H24BrN3O3. The van der Waals surface area contributed by atoms with E-state index in [9.17, 15) is 9.59 Å². The van der Waals surface area contributed by atoms with Gasteiger partial charge < -0.3 is 19.9 Å². The maximum atomic E-state index is 12.5. The number of hydrogen-bond donors (Lipinski definition) is 1. The summed E-state index contributed by atoms with van der Waals surface area (Å²) in [7, 11) is 0. The minimum atomic E-state index is -0.487. The number of urea groups is 1. The summed E-state index contributed by atoms with van der Waals surface area (Å²) in [5.74, 6) is 0. The number of benzene rings is 1. The zero-order chi connectivity index (χ0) is 18.2. The molecule has 7 heteroatoms. The Labute approximate surface area is 156 Å². The molecular weight excluding hydrogens is 386 g/mol. The quantitative estimate of drug-likeness (QED) is 0.755. The number of carbonyl (C=O) groups excluding carboxylic acids is 2. The van der Waals surface area contributed by atoms with E-state index in [2.05, 4.69) is 21.2 Å². The van der Waals surface area contributed by atoms with E-state index in [1.165, 1.54) is 0 Å². The Morgan fingerprint density at radius 2 is 1.96 bits per heavy atom. The predicted octanol–water partition coefficient (Wildman–Crippen LogP) is 4.20. The van der Waals surface area contributed by atoms with Gasteiger partial charge in [0.2, 0.25) is 0 Å². The molecule has 2 aliphatic rings. The number of ether oxygens (including phenoxy) is 1. The molecule has 6 nitrogen and oxygen atoms in total. The first kappa shape index (κ1) is 18.0. The Bertz CT molecular complexity index is 679. The molecule has 0 aliphatic carbocycles. The van der Waals surface area contributed by atoms with Crippen LogP contribution in [0.25, 0.3) is 0 Å². The average Bonchev–Trinajstić information content (AvgIpc) is 2.52. The van der Waals surface area contributed by atoms with Crippen LogP contribution in [0.1, 0.15) is 39.2 Å². The van der Waals surface area contributed by atoms with Gasteiger partial charge in [-0.25, -0.2) is 9.59 Å². The number of amides is 3. The number of piperidine rings is 1. The number of nitrogens with one attached hydrogen (secondary N) is 1. The lowest BCUT2D eigenvalue weighted by molar-refractivity contribution is 0.0163. The molecule has 1 saturated heterocycles. The van der Waals surface area contributed by atoms with Gasteiger partial charge in [-0.15, -0.1) is 0 Å². The number of fused-ring (bicyclic) bond motifs is 1. The molecule has 25 heavy (non-hydrogen) atoms. The first-order chi connectivity index (χ1) is 11.7. The van der Waals surface area contributed by atoms with E-state index >= 15 is 0 Å². The van der Waals surface area contributed by atoms with Gasteiger partial charge in [-0.2, -0.15) is 0 Å². The summed E-state index contributed by atoms with van der Waals surface area (Å²) in [4.78, 5) is 28.2. The average molecular weight is 410 g/mol. The standard InChI is InChI=1S/C18H24BrN3O3/c1-18(2,3)25-17(24)21-8-6-14(7-9-21)22-11-12-4-5-13(19)10-15(12)20-16(22)23/h4-5,10,14H,6-9,11H2,1-3H3,(H,20,23). The Balaban J connectivity index is 1.61. The van der Waals surface area contributed by atoms with Gasteiger partial charge >= 0.3 is 12.1 Å². The van der Waals surface area contributed by atoms with Crippen LogP contribution in [-0.2, 0) is 11.3 Å². The Morgan fingerprint density at radius 3 is 2.60 bits per heavy atom. The van der Waals surface area contributed by atoms with Gasteiger partial charge in [-0.3, -0.25) is 0 Å². The van der Waals surface area contributed by atoms with Gasteiger partial charge in [0, 0.05) is 35.8 Å². The summed E-state index contributed by atoms with van der Waals surface area (Å²) in [6.07, 6.45) is 1.25. The smallest absolute Gasteiger partial charge is 0.410 e. The Morgan fingerprint density at radius 1 is 1.28 bits per heavy atom. The zero-order valence-corrected chi connectivity index (χ0v) is 16.4. The highest BCUT2D eigenvalue weighted by Crippen LogP contribution is 2.30. The summed E-state index contributed by atoms with van der Waals surface area (Å²) in [5, 5.41) is 2.96. The fourth-order valence-corrected chi connectivity index (χ4v) is 3.59. The minimum Gasteiger partial charge on any atom is -0.444 e. The summed E-state index contributed by atoms with van der Waals surface area (Å²) in [6, 6.07) is 6.01. The molecule has 0 spiro atoms. The number of rotatable bonds is 1. The highest BCUT2D eigenvalue weighted by Gasteiger charge is 2.33. The highest BCUT2D eigenvalue weighted by molar-refractivity contribution is 9.10. The van der Waals surface area contributed by atoms with Gasteiger partial charge in [0.1, 0.15) is 5.60 Å². The van der Waals surface area contributed by atoms with E-state index in [1.807, 2.05) is 43.9 Å². The first-order valence-electron chi connectivity index (χ1n) is 8.57. The van der Waals surface area contributed by atoms with Crippen LogP contribution in [0.2, 0.25) is 0 Å². The van der Waals surface area contributed by atoms with Crippen molar-refractivity contribution in [3.8, 4) is 0 Å². The van der Waals surface area contributed by atoms with Crippen molar-refractivity contribution < 1.29 is 14.3 Å². The number of carbonyl (C=O) groups is 2. The second-order valence-corrected chi connectivity index (χ2v) is 8.47. The SMILES string of the molecule is CC(C)(C)OC(=O)N1CCC(N2Cc3ccc(Br)cc3NC2=O)CC1. The molecule has 0 saturated carbocycles. The minimum absolute atomic E-state index is 0.0682. The molecule has 0 aromatic heterocycles. The monoisotopic (exact) mass is 409 g/mol. The lowest BCUT2D eigenvalue weighted by Crippen LogP contribution is -2.51. The van der Waals surface area contributed by atoms with Crippen molar-refractivity contribution in [1.82, 2.24) is 9.80 Å². The van der Waals surface area contributed by atoms with Crippen molar-refractivity contribution in [3.05, 3.63) is 28.2 Å². The number of likely N-dealkylation sites (tertiary alicyclic amines) is 1. The predicted molar refractivity (Wildman–Crippen MR) is 99.5 cm³/mol. The lowest BCUT2D eigenvalue weighted by Gasteiger charge is -2.40. The van der Waals surface area contributed by atoms with Crippen molar-refractivity contribution in [1.29, 1.82) is 0 Å². The third-order valence-electron chi connectivity index (χ3n) is 4.47. The van der Waals surface area contributed by atoms with Crippen molar-refractivity contribution in [2.24, 2.45) is 0 Å². The van der Waals surface area contributed by atoms with Crippen molar-refractivity contribution in [2.45, 2.75) is 51.8 Å². The van der Waals surface area contributed by atoms with Gasteiger partial charge in [-0.05, 0) is 51.3 Å². The van der Waals surface area contributed by atoms with Gasteiger partial charge in [0.25, 0.3) is 0 Å². The van der Waals surface area contributed by atoms with Crippen LogP contribution in [0.3, 0.4) is 0 Å². The van der Waals surface area contributed by atoms with E-state index < -0.39 is 5.60 Å². The molecule has 0 bridgehead atoms. The van der Waals surface area contributed by atoms with E-state index in [1.54, 1.807) is 4.90 Å². The molecule has 1 N–H and O–H groups in total. The van der Waals surface area contributed by atoms with Gasteiger partial charge in [-0.1, -0.05) is 22.0 Å². The molecule has 1 aromatic rings. The molecule has 3 rings (SSSR count). The number of hydrogen-bond acceptors (Lipinski definition) is 3. The molecule has 0 atom stereocenters. The van der Waals surface area contributed by atoms with Crippen molar-refractivity contribution in [3.63, 3.8) is 0 Å². The van der Waals surface area contributed by atoms with E-state index in [4.69, 9.17) is 4.74 Å². The van der Waals surface area contributed by atoms with E-state index in [0.717, 1.165) is 28.6 Å². The van der Waals surface area contributed by atoms with Gasteiger partial charge in [0.15, 0.2) is 0 Å². The van der Waals surface area contributed by atoms with Crippen LogP contribution in [-0.4, -0.2) is 46.7 Å². The number of halogens is 1. The largest absolute Gasteiger partial charge is 0.444 e. The topological polar surface area (TPSA) is 61.9 Å². The molecule has 0 unspecified atom stereocenters. The fraction of sp³-hybridized carbons (Fsp3) is 0.556. The van der Waals surface area contributed by atoms with E-state index in [0.29, 0.717) is 19.6 Å². The summed E-state index contributed by atoms with van der Waals surface area (Å²) < 4.78 is 6.38. The number of nitrogens with zero attached hydrogens (tertiary/aromatic N) is 2. The highest BCUT2D eigenvalue weighted by atomic mass is 79.9. The van der Waals surface area contributed by atoms with Crippen LogP contribution < -0.4 is 5.32 Å². The molecule has 2 heterocycles. The van der Waals surface area contributed by atoms with Crippen molar-refractivity contribution >= 4 is 33.7 Å². The molecule has 136 valence electrons. The normalized spacial score (nSPS) is 18.6. The zero-order valence-electron chi connectivity index (χ0n) is 14.8. The van der Waals surface area contributed by atoms with E-state index in [-0.39, 0.29) is 18.2 Å². The third-order valence-corrected chi connectivity index (χ3v) is 4.97. The first-order valence-corrected chi connectivity index (χ1v) is 9.36. The fourth-order valence-electron chi connectivity index (χ4n) is 3.23. The Kier molecular flexibility index (Phi) is 4.95. The molecule has 3 amide bonds. The molecule has 1 aromatic carbocycles. The second-order valence-electron chi connectivity index (χ2n) is 7.56. The van der Waals surface area contributed by atoms with Gasteiger partial charge in [0.05, 0.1) is 0 Å². The van der Waals surface area contributed by atoms with Crippen LogP contribution in [0.15, 0.2) is 22.7 Å². The summed E-state index contributed by atoms with van der Waals surface area (Å²) in [6.45, 7) is 7.42. The Hall–Kier alpha value is -1.76. The number of anilines is 1. The maximum Gasteiger partial charge on any atom is 0.410 e. The second kappa shape index (κ2) is 6.86. The van der Waals surface area contributed by atoms with Crippen LogP contribution >= 0.6 is 15.9 Å². The molecule has 2 aliphatic heterocycles. The van der Waals surface area contributed by atoms with Crippen LogP contribution in [0, 0.1) is 0 Å². The van der Waals surface area contributed by atoms with Crippen molar-refractivity contribution in [2.75, 3.05) is 18.4 Å². The molecule has 1 fully saturated rings. The third kappa shape index (κ3) is 4.26. The molecule has 0 radical (unpaired) electrons. The maximum absolute atomic E-state index is 12.5. The summed E-state index contributed by atoms with van der Waals surface area (Å²) >= 11 is 3.43.